The third-order valence-corrected chi connectivity index (χ3v) is 7.73. The molecule has 160 valence electrons. The molecular weight excluding hydrogens is 414 g/mol. The highest BCUT2D eigenvalue weighted by molar-refractivity contribution is 7.86. The summed E-state index contributed by atoms with van der Waals surface area (Å²) < 4.78 is 18.2. The molecule has 1 heterocycles. The van der Waals surface area contributed by atoms with E-state index in [2.05, 4.69) is 0 Å². The zero-order chi connectivity index (χ0) is 21.3. The summed E-state index contributed by atoms with van der Waals surface area (Å²) in [6.07, 6.45) is 0.573. The van der Waals surface area contributed by atoms with Gasteiger partial charge < -0.3 is 14.7 Å². The minimum Gasteiger partial charge on any atom is -0.481 e. The van der Waals surface area contributed by atoms with Gasteiger partial charge in [-0.05, 0) is 57.2 Å². The van der Waals surface area contributed by atoms with Gasteiger partial charge in [0.15, 0.2) is 0 Å². The van der Waals surface area contributed by atoms with Gasteiger partial charge in [-0.25, -0.2) is 0 Å². The molecular formula is C21H28ClNO5S. The molecule has 8 heteroatoms. The van der Waals surface area contributed by atoms with E-state index in [-0.39, 0.29) is 36.9 Å². The van der Waals surface area contributed by atoms with Crippen LogP contribution in [0.4, 0.5) is 0 Å². The highest BCUT2D eigenvalue weighted by Gasteiger charge is 2.47. The number of carboxylic acids is 1. The van der Waals surface area contributed by atoms with Crippen molar-refractivity contribution in [1.82, 2.24) is 4.90 Å². The van der Waals surface area contributed by atoms with Crippen LogP contribution in [0.3, 0.4) is 0 Å². The lowest BCUT2D eigenvalue weighted by Crippen LogP contribution is -2.56. The molecule has 4 atom stereocenters. The van der Waals surface area contributed by atoms with Crippen LogP contribution in [-0.4, -0.2) is 55.3 Å². The van der Waals surface area contributed by atoms with Crippen molar-refractivity contribution in [1.29, 1.82) is 0 Å². The Kier molecular flexibility index (Phi) is 6.70. The molecule has 1 aromatic rings. The largest absolute Gasteiger partial charge is 0.481 e. The lowest BCUT2D eigenvalue weighted by molar-refractivity contribution is -0.169. The van der Waals surface area contributed by atoms with Crippen LogP contribution in [0.2, 0.25) is 5.02 Å². The SMILES string of the molecule is CC(C)(C)S(=O)CC(C1CC1)N1C(=O)C(CC(=O)O)OCC1c1ccc(Cl)cc1. The van der Waals surface area contributed by atoms with Gasteiger partial charge in [0.25, 0.3) is 5.91 Å². The number of hydrogen-bond acceptors (Lipinski definition) is 4. The summed E-state index contributed by atoms with van der Waals surface area (Å²) in [6, 6.07) is 6.69. The molecule has 0 spiro atoms. The maximum Gasteiger partial charge on any atom is 0.306 e. The van der Waals surface area contributed by atoms with Gasteiger partial charge in [-0.15, -0.1) is 0 Å². The molecule has 0 bridgehead atoms. The van der Waals surface area contributed by atoms with Crippen molar-refractivity contribution >= 4 is 34.3 Å². The molecule has 6 nitrogen and oxygen atoms in total. The van der Waals surface area contributed by atoms with Crippen molar-refractivity contribution < 1.29 is 23.6 Å². The van der Waals surface area contributed by atoms with Gasteiger partial charge in [-0.1, -0.05) is 23.7 Å². The highest BCUT2D eigenvalue weighted by Crippen LogP contribution is 2.41. The molecule has 1 amide bonds. The first kappa shape index (κ1) is 22.2. The molecule has 4 unspecified atom stereocenters. The van der Waals surface area contributed by atoms with Crippen LogP contribution in [-0.2, 0) is 25.1 Å². The molecule has 29 heavy (non-hydrogen) atoms. The van der Waals surface area contributed by atoms with Crippen molar-refractivity contribution in [3.8, 4) is 0 Å². The quantitative estimate of drug-likeness (QED) is 0.700. The molecule has 1 aromatic carbocycles. The van der Waals surface area contributed by atoms with Crippen molar-refractivity contribution in [3.05, 3.63) is 34.9 Å². The zero-order valence-electron chi connectivity index (χ0n) is 17.0. The van der Waals surface area contributed by atoms with E-state index in [1.165, 1.54) is 0 Å². The topological polar surface area (TPSA) is 83.9 Å². The van der Waals surface area contributed by atoms with Crippen molar-refractivity contribution in [2.75, 3.05) is 12.4 Å². The molecule has 1 saturated heterocycles. The van der Waals surface area contributed by atoms with E-state index >= 15 is 0 Å². The molecule has 0 radical (unpaired) electrons. The van der Waals surface area contributed by atoms with Gasteiger partial charge in [0.1, 0.15) is 6.10 Å². The van der Waals surface area contributed by atoms with E-state index in [4.69, 9.17) is 16.3 Å². The maximum absolute atomic E-state index is 13.3. The summed E-state index contributed by atoms with van der Waals surface area (Å²) in [5.41, 5.74) is 0.878. The summed E-state index contributed by atoms with van der Waals surface area (Å²) in [5.74, 6) is -0.747. The molecule has 3 rings (SSSR count). The number of carboxylic acid groups (broad SMARTS) is 1. The maximum atomic E-state index is 13.3. The average Bonchev–Trinajstić information content (AvgIpc) is 3.46. The zero-order valence-corrected chi connectivity index (χ0v) is 18.5. The average molecular weight is 442 g/mol. The van der Waals surface area contributed by atoms with Gasteiger partial charge in [-0.3, -0.25) is 13.8 Å². The van der Waals surface area contributed by atoms with Gasteiger partial charge in [0.2, 0.25) is 0 Å². The normalized spacial score (nSPS) is 25.0. The Bertz CT molecular complexity index is 787. The van der Waals surface area contributed by atoms with Crippen LogP contribution in [0, 0.1) is 5.92 Å². The Morgan fingerprint density at radius 1 is 1.31 bits per heavy atom. The number of nitrogens with zero attached hydrogens (tertiary/aromatic N) is 1. The monoisotopic (exact) mass is 441 g/mol. The van der Waals surface area contributed by atoms with Gasteiger partial charge in [0, 0.05) is 32.4 Å². The van der Waals surface area contributed by atoms with E-state index < -0.39 is 27.6 Å². The molecule has 1 N–H and O–H groups in total. The summed E-state index contributed by atoms with van der Waals surface area (Å²) >= 11 is 6.02. The molecule has 0 aromatic heterocycles. The van der Waals surface area contributed by atoms with Crippen LogP contribution < -0.4 is 0 Å². The predicted octanol–water partition coefficient (Wildman–Crippen LogP) is 3.41. The van der Waals surface area contributed by atoms with Crippen LogP contribution in [0.1, 0.15) is 51.6 Å². The van der Waals surface area contributed by atoms with Crippen molar-refractivity contribution in [3.63, 3.8) is 0 Å². The number of morpholine rings is 1. The minimum atomic E-state index is -1.13. The van der Waals surface area contributed by atoms with Gasteiger partial charge in [-0.2, -0.15) is 0 Å². The number of ether oxygens (including phenoxy) is 1. The predicted molar refractivity (Wildman–Crippen MR) is 112 cm³/mol. The van der Waals surface area contributed by atoms with Crippen molar-refractivity contribution in [2.24, 2.45) is 5.92 Å². The molecule has 2 fully saturated rings. The second kappa shape index (κ2) is 8.74. The molecule has 1 saturated carbocycles. The fourth-order valence-corrected chi connectivity index (χ4v) is 5.02. The fourth-order valence-electron chi connectivity index (χ4n) is 3.65. The fraction of sp³-hybridized carbons (Fsp3) is 0.619. The Morgan fingerprint density at radius 3 is 2.45 bits per heavy atom. The smallest absolute Gasteiger partial charge is 0.306 e. The van der Waals surface area contributed by atoms with Crippen LogP contribution in [0.15, 0.2) is 24.3 Å². The Hall–Kier alpha value is -1.44. The number of benzene rings is 1. The Balaban J connectivity index is 1.95. The molecule has 1 aliphatic carbocycles. The summed E-state index contributed by atoms with van der Waals surface area (Å²) in [5, 5.41) is 9.78. The van der Waals surface area contributed by atoms with E-state index in [1.807, 2.05) is 32.9 Å². The first-order valence-electron chi connectivity index (χ1n) is 9.87. The van der Waals surface area contributed by atoms with E-state index in [0.717, 1.165) is 18.4 Å². The Morgan fingerprint density at radius 2 is 1.93 bits per heavy atom. The summed E-state index contributed by atoms with van der Waals surface area (Å²) in [6.45, 7) is 5.99. The standard InChI is InChI=1S/C21H28ClNO5S/c1-21(2,3)29(27)12-17(14-4-5-14)23-16(13-6-8-15(22)9-7-13)11-28-18(20(23)26)10-19(24)25/h6-9,14,16-18H,4-5,10-12H2,1-3H3,(H,24,25). The lowest BCUT2D eigenvalue weighted by atomic mass is 9.98. The van der Waals surface area contributed by atoms with Crippen molar-refractivity contribution in [2.45, 2.75) is 63.0 Å². The number of hydrogen-bond donors (Lipinski definition) is 1. The van der Waals surface area contributed by atoms with Crippen LogP contribution >= 0.6 is 11.6 Å². The second-order valence-corrected chi connectivity index (χ2v) is 11.4. The summed E-state index contributed by atoms with van der Waals surface area (Å²) in [4.78, 5) is 26.3. The number of carbonyl (C=O) groups excluding carboxylic acids is 1. The van der Waals surface area contributed by atoms with E-state index in [9.17, 15) is 18.9 Å². The van der Waals surface area contributed by atoms with Gasteiger partial charge in [0.05, 0.1) is 19.1 Å². The Labute approximate surface area is 179 Å². The number of carbonyl (C=O) groups is 2. The van der Waals surface area contributed by atoms with Gasteiger partial charge >= 0.3 is 5.97 Å². The van der Waals surface area contributed by atoms with E-state index in [1.54, 1.807) is 17.0 Å². The third kappa shape index (κ3) is 5.38. The molecule has 1 aliphatic heterocycles. The highest BCUT2D eigenvalue weighted by atomic mass is 35.5. The number of amides is 1. The van der Waals surface area contributed by atoms with Crippen LogP contribution in [0.25, 0.3) is 0 Å². The molecule has 2 aliphatic rings. The van der Waals surface area contributed by atoms with Crippen LogP contribution in [0.5, 0.6) is 0 Å². The minimum absolute atomic E-state index is 0.205. The first-order chi connectivity index (χ1) is 13.6. The first-order valence-corrected chi connectivity index (χ1v) is 11.6. The number of rotatable bonds is 7. The summed E-state index contributed by atoms with van der Waals surface area (Å²) in [7, 11) is -1.13. The third-order valence-electron chi connectivity index (χ3n) is 5.46. The second-order valence-electron chi connectivity index (χ2n) is 8.76. The van der Waals surface area contributed by atoms with E-state index in [0.29, 0.717) is 10.8 Å². The number of halogens is 1. The lowest BCUT2D eigenvalue weighted by Gasteiger charge is -2.44. The number of aliphatic carboxylic acids is 1.